The van der Waals surface area contributed by atoms with E-state index >= 15 is 0 Å². The predicted octanol–water partition coefficient (Wildman–Crippen LogP) is 4.21. The van der Waals surface area contributed by atoms with E-state index in [2.05, 4.69) is 24.9 Å². The number of rotatable bonds is 7. The lowest BCUT2D eigenvalue weighted by atomic mass is 9.97. The van der Waals surface area contributed by atoms with Gasteiger partial charge in [-0.15, -0.1) is 6.58 Å². The van der Waals surface area contributed by atoms with Crippen molar-refractivity contribution in [1.82, 2.24) is 5.32 Å². The molecule has 0 aromatic rings. The van der Waals surface area contributed by atoms with Gasteiger partial charge in [0.2, 0.25) is 0 Å². The van der Waals surface area contributed by atoms with E-state index in [1.807, 2.05) is 6.08 Å². The van der Waals surface area contributed by atoms with Crippen molar-refractivity contribution in [3.8, 4) is 0 Å². The van der Waals surface area contributed by atoms with Crippen LogP contribution in [0, 0.1) is 0 Å². The van der Waals surface area contributed by atoms with E-state index in [1.54, 1.807) is 5.57 Å². The second kappa shape index (κ2) is 8.58. The van der Waals surface area contributed by atoms with Crippen LogP contribution < -0.4 is 5.32 Å². The summed E-state index contributed by atoms with van der Waals surface area (Å²) in [6.45, 7) is 7.25. The van der Waals surface area contributed by atoms with E-state index in [9.17, 15) is 0 Å². The van der Waals surface area contributed by atoms with Crippen LogP contribution in [-0.2, 0) is 0 Å². The minimum absolute atomic E-state index is 0.748. The van der Waals surface area contributed by atoms with Crippen LogP contribution in [0.25, 0.3) is 0 Å². The molecule has 0 radical (unpaired) electrons. The van der Waals surface area contributed by atoms with E-state index in [0.29, 0.717) is 0 Å². The fourth-order valence-corrected chi connectivity index (χ4v) is 2.35. The minimum atomic E-state index is 0.748. The van der Waals surface area contributed by atoms with Crippen LogP contribution in [0.3, 0.4) is 0 Å². The monoisotopic (exact) mass is 221 g/mol. The Labute approximate surface area is 101 Å². The van der Waals surface area contributed by atoms with Crippen molar-refractivity contribution in [2.24, 2.45) is 0 Å². The van der Waals surface area contributed by atoms with Crippen LogP contribution in [0.5, 0.6) is 0 Å². The van der Waals surface area contributed by atoms with Crippen LogP contribution >= 0.6 is 0 Å². The van der Waals surface area contributed by atoms with Gasteiger partial charge in [0.1, 0.15) is 0 Å². The number of hydrogen-bond acceptors (Lipinski definition) is 1. The summed E-state index contributed by atoms with van der Waals surface area (Å²) >= 11 is 0. The zero-order valence-corrected chi connectivity index (χ0v) is 10.8. The molecule has 16 heavy (non-hydrogen) atoms. The first-order chi connectivity index (χ1) is 7.83. The summed E-state index contributed by atoms with van der Waals surface area (Å²) in [7, 11) is 0. The lowest BCUT2D eigenvalue weighted by molar-refractivity contribution is 0.398. The van der Waals surface area contributed by atoms with Gasteiger partial charge in [0, 0.05) is 6.04 Å². The summed E-state index contributed by atoms with van der Waals surface area (Å²) in [5, 5.41) is 3.61. The number of allylic oxidation sites excluding steroid dienone is 2. The van der Waals surface area contributed by atoms with Gasteiger partial charge >= 0.3 is 0 Å². The molecule has 0 aliphatic carbocycles. The minimum Gasteiger partial charge on any atom is -0.314 e. The molecular formula is C15H27N. The molecule has 1 nitrogen and oxygen atoms in total. The molecule has 0 spiro atoms. The third kappa shape index (κ3) is 6.12. The Balaban J connectivity index is 2.09. The summed E-state index contributed by atoms with van der Waals surface area (Å²) in [6, 6.07) is 0.748. The third-order valence-electron chi connectivity index (χ3n) is 3.34. The Morgan fingerprint density at radius 2 is 2.12 bits per heavy atom. The molecule has 0 aromatic heterocycles. The van der Waals surface area contributed by atoms with Gasteiger partial charge < -0.3 is 5.32 Å². The fourth-order valence-electron chi connectivity index (χ4n) is 2.35. The van der Waals surface area contributed by atoms with Crippen molar-refractivity contribution in [2.45, 2.75) is 64.3 Å². The molecule has 0 aromatic carbocycles. The van der Waals surface area contributed by atoms with Gasteiger partial charge in [0.15, 0.2) is 0 Å². The van der Waals surface area contributed by atoms with Crippen LogP contribution in [0.2, 0.25) is 0 Å². The molecule has 1 unspecified atom stereocenters. The van der Waals surface area contributed by atoms with E-state index in [0.717, 1.165) is 12.5 Å². The Morgan fingerprint density at radius 3 is 2.81 bits per heavy atom. The maximum atomic E-state index is 3.75. The van der Waals surface area contributed by atoms with Gasteiger partial charge in [0.05, 0.1) is 0 Å². The molecule has 1 N–H and O–H groups in total. The molecule has 1 rings (SSSR count). The van der Waals surface area contributed by atoms with Crippen LogP contribution in [0.4, 0.5) is 0 Å². The van der Waals surface area contributed by atoms with E-state index in [4.69, 9.17) is 0 Å². The fraction of sp³-hybridized carbons (Fsp3) is 0.733. The Bertz CT molecular complexity index is 211. The van der Waals surface area contributed by atoms with Crippen molar-refractivity contribution < 1.29 is 0 Å². The summed E-state index contributed by atoms with van der Waals surface area (Å²) in [5.74, 6) is 0. The van der Waals surface area contributed by atoms with E-state index < -0.39 is 0 Å². The molecule has 0 saturated carbocycles. The van der Waals surface area contributed by atoms with Gasteiger partial charge in [-0.25, -0.2) is 0 Å². The molecule has 1 fully saturated rings. The Kier molecular flexibility index (Phi) is 7.24. The van der Waals surface area contributed by atoms with Crippen molar-refractivity contribution in [3.63, 3.8) is 0 Å². The number of piperidine rings is 1. The van der Waals surface area contributed by atoms with Gasteiger partial charge in [0.25, 0.3) is 0 Å². The van der Waals surface area contributed by atoms with Gasteiger partial charge in [-0.2, -0.15) is 0 Å². The molecule has 1 aliphatic heterocycles. The van der Waals surface area contributed by atoms with Crippen molar-refractivity contribution in [1.29, 1.82) is 0 Å². The first kappa shape index (κ1) is 13.5. The van der Waals surface area contributed by atoms with Crippen molar-refractivity contribution >= 4 is 0 Å². The molecule has 1 heteroatoms. The molecule has 1 atom stereocenters. The van der Waals surface area contributed by atoms with Crippen molar-refractivity contribution in [2.75, 3.05) is 6.54 Å². The largest absolute Gasteiger partial charge is 0.314 e. The highest BCUT2D eigenvalue weighted by Crippen LogP contribution is 2.15. The zero-order valence-electron chi connectivity index (χ0n) is 10.8. The Hall–Kier alpha value is -0.560. The maximum Gasteiger partial charge on any atom is 0.0104 e. The molecule has 0 bridgehead atoms. The lowest BCUT2D eigenvalue weighted by Crippen LogP contribution is -2.33. The average molecular weight is 221 g/mol. The smallest absolute Gasteiger partial charge is 0.0104 e. The molecule has 1 heterocycles. The highest BCUT2D eigenvalue weighted by molar-refractivity contribution is 5.01. The zero-order chi connectivity index (χ0) is 11.6. The number of hydrogen-bond donors (Lipinski definition) is 1. The average Bonchev–Trinajstić information content (AvgIpc) is 2.30. The molecule has 92 valence electrons. The van der Waals surface area contributed by atoms with Crippen LogP contribution in [0.1, 0.15) is 58.3 Å². The molecule has 0 amide bonds. The topological polar surface area (TPSA) is 12.0 Å². The Morgan fingerprint density at radius 1 is 1.31 bits per heavy atom. The second-order valence-corrected chi connectivity index (χ2v) is 4.97. The molecular weight excluding hydrogens is 194 g/mol. The number of nitrogens with one attached hydrogen (secondary N) is 1. The SMILES string of the molecule is C=CCCCC/C=C(/C)CC1CCCCN1. The summed E-state index contributed by atoms with van der Waals surface area (Å²) in [5.41, 5.74) is 1.57. The lowest BCUT2D eigenvalue weighted by Gasteiger charge is -2.23. The maximum absolute atomic E-state index is 3.75. The van der Waals surface area contributed by atoms with E-state index in [1.165, 1.54) is 51.5 Å². The third-order valence-corrected chi connectivity index (χ3v) is 3.34. The van der Waals surface area contributed by atoms with Crippen LogP contribution in [0.15, 0.2) is 24.3 Å². The number of unbranched alkanes of at least 4 members (excludes halogenated alkanes) is 3. The molecule has 1 saturated heterocycles. The normalized spacial score (nSPS) is 22.1. The molecule has 1 aliphatic rings. The van der Waals surface area contributed by atoms with Gasteiger partial charge in [-0.3, -0.25) is 0 Å². The first-order valence-electron chi connectivity index (χ1n) is 6.83. The second-order valence-electron chi connectivity index (χ2n) is 4.97. The van der Waals surface area contributed by atoms with Gasteiger partial charge in [-0.05, 0) is 58.4 Å². The first-order valence-corrected chi connectivity index (χ1v) is 6.83. The summed E-state index contributed by atoms with van der Waals surface area (Å²) in [6.07, 6.45) is 14.8. The highest BCUT2D eigenvalue weighted by Gasteiger charge is 2.11. The quantitative estimate of drug-likeness (QED) is 0.501. The van der Waals surface area contributed by atoms with Crippen LogP contribution in [-0.4, -0.2) is 12.6 Å². The summed E-state index contributed by atoms with van der Waals surface area (Å²) in [4.78, 5) is 0. The summed E-state index contributed by atoms with van der Waals surface area (Å²) < 4.78 is 0. The predicted molar refractivity (Wildman–Crippen MR) is 72.7 cm³/mol. The highest BCUT2D eigenvalue weighted by atomic mass is 14.9. The van der Waals surface area contributed by atoms with Gasteiger partial charge in [-0.1, -0.05) is 24.1 Å². The standard InChI is InChI=1S/C15H27N/c1-3-4-5-6-7-10-14(2)13-15-11-8-9-12-16-15/h3,10,15-16H,1,4-9,11-13H2,2H3/b14-10-. The van der Waals surface area contributed by atoms with Crippen molar-refractivity contribution in [3.05, 3.63) is 24.3 Å². The van der Waals surface area contributed by atoms with E-state index in [-0.39, 0.29) is 0 Å².